The molecule has 0 spiro atoms. The van der Waals surface area contributed by atoms with E-state index in [0.717, 1.165) is 27.7 Å². The van der Waals surface area contributed by atoms with Crippen LogP contribution in [0.25, 0.3) is 10.9 Å². The van der Waals surface area contributed by atoms with Gasteiger partial charge in [0, 0.05) is 36.9 Å². The molecule has 0 saturated heterocycles. The number of amides is 1. The number of nitrogens with one attached hydrogen (secondary N) is 2. The minimum atomic E-state index is -0.138. The number of para-hydroxylation sites is 1. The van der Waals surface area contributed by atoms with Crippen molar-refractivity contribution in [3.8, 4) is 0 Å². The van der Waals surface area contributed by atoms with E-state index in [2.05, 4.69) is 15.5 Å². The van der Waals surface area contributed by atoms with Crippen LogP contribution in [0.2, 0.25) is 0 Å². The zero-order valence-electron chi connectivity index (χ0n) is 13.8. The number of anilines is 1. The Hall–Kier alpha value is -3.08. The lowest BCUT2D eigenvalue weighted by Gasteiger charge is -2.11. The van der Waals surface area contributed by atoms with Crippen LogP contribution in [0, 0.1) is 0 Å². The van der Waals surface area contributed by atoms with Crippen LogP contribution in [0.1, 0.15) is 11.1 Å². The van der Waals surface area contributed by atoms with Crippen LogP contribution in [-0.4, -0.2) is 31.2 Å². The molecule has 0 saturated carbocycles. The molecule has 0 aliphatic carbocycles. The molecular formula is C19H20N4O. The van der Waals surface area contributed by atoms with Crippen molar-refractivity contribution < 1.29 is 4.79 Å². The lowest BCUT2D eigenvalue weighted by atomic mass is 10.1. The standard InChI is InChI=1S/C19H20N4O/c1-23(2)16-9-7-14(8-10-16)12-21-22-19(24)11-15-13-20-18-6-4-3-5-17(15)18/h3-10,12-13,20H,11H2,1-2H3,(H,22,24)/b21-12+. The third-order valence-corrected chi connectivity index (χ3v) is 3.84. The van der Waals surface area contributed by atoms with E-state index in [0.29, 0.717) is 6.42 Å². The lowest BCUT2D eigenvalue weighted by Crippen LogP contribution is -2.19. The molecule has 2 aromatic carbocycles. The number of aromatic amines is 1. The highest BCUT2D eigenvalue weighted by Gasteiger charge is 2.07. The highest BCUT2D eigenvalue weighted by molar-refractivity contribution is 5.89. The number of carbonyl (C=O) groups excluding carboxylic acids is 1. The van der Waals surface area contributed by atoms with Gasteiger partial charge in [-0.1, -0.05) is 30.3 Å². The summed E-state index contributed by atoms with van der Waals surface area (Å²) in [5.74, 6) is -0.138. The Labute approximate surface area is 141 Å². The molecule has 0 atom stereocenters. The van der Waals surface area contributed by atoms with Gasteiger partial charge in [-0.05, 0) is 29.3 Å². The molecular weight excluding hydrogens is 300 g/mol. The monoisotopic (exact) mass is 320 g/mol. The summed E-state index contributed by atoms with van der Waals surface area (Å²) in [4.78, 5) is 17.2. The maximum Gasteiger partial charge on any atom is 0.244 e. The zero-order chi connectivity index (χ0) is 16.9. The number of nitrogens with zero attached hydrogens (tertiary/aromatic N) is 2. The molecule has 1 aromatic heterocycles. The molecule has 122 valence electrons. The van der Waals surface area contributed by atoms with Gasteiger partial charge in [0.2, 0.25) is 5.91 Å². The van der Waals surface area contributed by atoms with Gasteiger partial charge in [0.1, 0.15) is 0 Å². The van der Waals surface area contributed by atoms with Crippen molar-refractivity contribution in [1.29, 1.82) is 0 Å². The van der Waals surface area contributed by atoms with E-state index in [4.69, 9.17) is 0 Å². The molecule has 3 aromatic rings. The van der Waals surface area contributed by atoms with Crippen molar-refractivity contribution in [1.82, 2.24) is 10.4 Å². The average molecular weight is 320 g/mol. The van der Waals surface area contributed by atoms with Crippen molar-refractivity contribution in [3.05, 3.63) is 65.9 Å². The Morgan fingerprint density at radius 1 is 1.17 bits per heavy atom. The van der Waals surface area contributed by atoms with Crippen molar-refractivity contribution >= 4 is 28.7 Å². The topological polar surface area (TPSA) is 60.5 Å². The van der Waals surface area contributed by atoms with Gasteiger partial charge in [-0.3, -0.25) is 4.79 Å². The van der Waals surface area contributed by atoms with Crippen molar-refractivity contribution in [3.63, 3.8) is 0 Å². The molecule has 5 heteroatoms. The number of H-pyrrole nitrogens is 1. The summed E-state index contributed by atoms with van der Waals surface area (Å²) in [6.45, 7) is 0. The Kier molecular flexibility index (Phi) is 4.61. The van der Waals surface area contributed by atoms with Crippen LogP contribution in [0.5, 0.6) is 0 Å². The largest absolute Gasteiger partial charge is 0.378 e. The van der Waals surface area contributed by atoms with E-state index < -0.39 is 0 Å². The smallest absolute Gasteiger partial charge is 0.244 e. The number of hydrogen-bond donors (Lipinski definition) is 2. The van der Waals surface area contributed by atoms with E-state index in [-0.39, 0.29) is 5.91 Å². The summed E-state index contributed by atoms with van der Waals surface area (Å²) in [6, 6.07) is 15.9. The number of rotatable bonds is 5. The van der Waals surface area contributed by atoms with Gasteiger partial charge in [-0.15, -0.1) is 0 Å². The van der Waals surface area contributed by atoms with Crippen LogP contribution in [-0.2, 0) is 11.2 Å². The number of aromatic nitrogens is 1. The molecule has 0 aliphatic heterocycles. The zero-order valence-corrected chi connectivity index (χ0v) is 13.8. The van der Waals surface area contributed by atoms with E-state index in [1.807, 2.05) is 73.7 Å². The molecule has 1 amide bonds. The second-order valence-electron chi connectivity index (χ2n) is 5.82. The minimum absolute atomic E-state index is 0.138. The summed E-state index contributed by atoms with van der Waals surface area (Å²) in [6.07, 6.45) is 3.81. The fourth-order valence-electron chi connectivity index (χ4n) is 2.53. The highest BCUT2D eigenvalue weighted by Crippen LogP contribution is 2.17. The van der Waals surface area contributed by atoms with Crippen LogP contribution in [0.4, 0.5) is 5.69 Å². The van der Waals surface area contributed by atoms with Gasteiger partial charge in [0.15, 0.2) is 0 Å². The molecule has 0 unspecified atom stereocenters. The van der Waals surface area contributed by atoms with Crippen LogP contribution in [0.15, 0.2) is 59.8 Å². The predicted molar refractivity (Wildman–Crippen MR) is 98.5 cm³/mol. The van der Waals surface area contributed by atoms with Crippen LogP contribution < -0.4 is 10.3 Å². The van der Waals surface area contributed by atoms with Crippen molar-refractivity contribution in [2.24, 2.45) is 5.10 Å². The molecule has 0 radical (unpaired) electrons. The normalized spacial score (nSPS) is 11.1. The number of hydrogen-bond acceptors (Lipinski definition) is 3. The molecule has 24 heavy (non-hydrogen) atoms. The van der Waals surface area contributed by atoms with Gasteiger partial charge < -0.3 is 9.88 Å². The maximum atomic E-state index is 12.0. The molecule has 2 N–H and O–H groups in total. The number of hydrazone groups is 1. The predicted octanol–water partition coefficient (Wildman–Crippen LogP) is 2.93. The minimum Gasteiger partial charge on any atom is -0.378 e. The second kappa shape index (κ2) is 7.00. The Morgan fingerprint density at radius 3 is 2.67 bits per heavy atom. The maximum absolute atomic E-state index is 12.0. The molecule has 0 aliphatic rings. The molecule has 1 heterocycles. The van der Waals surface area contributed by atoms with Crippen LogP contribution in [0.3, 0.4) is 0 Å². The van der Waals surface area contributed by atoms with E-state index in [9.17, 15) is 4.79 Å². The van der Waals surface area contributed by atoms with Gasteiger partial charge in [-0.2, -0.15) is 5.10 Å². The van der Waals surface area contributed by atoms with E-state index in [1.165, 1.54) is 0 Å². The van der Waals surface area contributed by atoms with E-state index >= 15 is 0 Å². The summed E-state index contributed by atoms with van der Waals surface area (Å²) < 4.78 is 0. The summed E-state index contributed by atoms with van der Waals surface area (Å²) in [5, 5.41) is 5.09. The fourth-order valence-corrected chi connectivity index (χ4v) is 2.53. The first-order chi connectivity index (χ1) is 11.6. The molecule has 0 bridgehead atoms. The van der Waals surface area contributed by atoms with Crippen molar-refractivity contribution in [2.45, 2.75) is 6.42 Å². The number of fused-ring (bicyclic) bond motifs is 1. The Balaban J connectivity index is 1.59. The fraction of sp³-hybridized carbons (Fsp3) is 0.158. The summed E-state index contributed by atoms with van der Waals surface area (Å²) >= 11 is 0. The lowest BCUT2D eigenvalue weighted by molar-refractivity contribution is -0.120. The summed E-state index contributed by atoms with van der Waals surface area (Å²) in [5.41, 5.74) is 6.64. The van der Waals surface area contributed by atoms with Gasteiger partial charge in [-0.25, -0.2) is 5.43 Å². The third-order valence-electron chi connectivity index (χ3n) is 3.84. The highest BCUT2D eigenvalue weighted by atomic mass is 16.2. The van der Waals surface area contributed by atoms with Crippen LogP contribution >= 0.6 is 0 Å². The quantitative estimate of drug-likeness (QED) is 0.561. The first kappa shape index (κ1) is 15.8. The first-order valence-corrected chi connectivity index (χ1v) is 7.78. The molecule has 0 fully saturated rings. The average Bonchev–Trinajstić information content (AvgIpc) is 2.98. The number of benzene rings is 2. The SMILES string of the molecule is CN(C)c1ccc(/C=N/NC(=O)Cc2c[nH]c3ccccc23)cc1. The molecule has 3 rings (SSSR count). The van der Waals surface area contributed by atoms with Gasteiger partial charge >= 0.3 is 0 Å². The van der Waals surface area contributed by atoms with Crippen molar-refractivity contribution in [2.75, 3.05) is 19.0 Å². The first-order valence-electron chi connectivity index (χ1n) is 7.78. The number of carbonyl (C=O) groups is 1. The summed E-state index contributed by atoms with van der Waals surface area (Å²) in [7, 11) is 3.99. The Morgan fingerprint density at radius 2 is 1.92 bits per heavy atom. The van der Waals surface area contributed by atoms with Gasteiger partial charge in [0.05, 0.1) is 12.6 Å². The Bertz CT molecular complexity index is 862. The van der Waals surface area contributed by atoms with Gasteiger partial charge in [0.25, 0.3) is 0 Å². The second-order valence-corrected chi connectivity index (χ2v) is 5.82. The van der Waals surface area contributed by atoms with E-state index in [1.54, 1.807) is 6.21 Å². The third kappa shape index (κ3) is 3.63. The molecule has 5 nitrogen and oxygen atoms in total.